The number of aromatic hydroxyl groups is 1. The first-order chi connectivity index (χ1) is 9.75. The number of esters is 1. The zero-order valence-corrected chi connectivity index (χ0v) is 14.8. The maximum absolute atomic E-state index is 12.4. The van der Waals surface area contributed by atoms with Gasteiger partial charge in [0.2, 0.25) is 0 Å². The molecule has 3 unspecified atom stereocenters. The summed E-state index contributed by atoms with van der Waals surface area (Å²) in [5, 5.41) is 9.87. The van der Waals surface area contributed by atoms with Crippen LogP contribution in [0.2, 0.25) is 0 Å². The first-order valence-corrected chi connectivity index (χ1v) is 8.53. The summed E-state index contributed by atoms with van der Waals surface area (Å²) in [6.45, 7) is 6.83. The zero-order chi connectivity index (χ0) is 15.4. The lowest BCUT2D eigenvalue weighted by Crippen LogP contribution is -2.38. The number of carbonyl (C=O) groups excluding carboxylic acids is 1. The van der Waals surface area contributed by atoms with Gasteiger partial charge in [-0.2, -0.15) is 0 Å². The standard InChI is InChI=1S/C17H21IO3/c1-16(2)10-6-7-17(16,3)14(8-10)21-15(20)12-9-11(18)4-5-13(12)19/h4-5,9-10,14,19H,6-8H2,1-3H3. The highest BCUT2D eigenvalue weighted by Crippen LogP contribution is 2.66. The van der Waals surface area contributed by atoms with E-state index in [4.69, 9.17) is 4.74 Å². The molecule has 2 saturated carbocycles. The molecule has 0 aromatic heterocycles. The van der Waals surface area contributed by atoms with Gasteiger partial charge < -0.3 is 9.84 Å². The van der Waals surface area contributed by atoms with Crippen molar-refractivity contribution in [2.45, 2.75) is 46.1 Å². The summed E-state index contributed by atoms with van der Waals surface area (Å²) >= 11 is 2.13. The van der Waals surface area contributed by atoms with Crippen molar-refractivity contribution in [3.63, 3.8) is 0 Å². The van der Waals surface area contributed by atoms with Crippen molar-refractivity contribution in [1.29, 1.82) is 0 Å². The van der Waals surface area contributed by atoms with E-state index in [0.29, 0.717) is 5.92 Å². The molecule has 0 amide bonds. The van der Waals surface area contributed by atoms with E-state index in [9.17, 15) is 9.90 Å². The Balaban J connectivity index is 1.82. The fourth-order valence-corrected chi connectivity index (χ4v) is 4.66. The molecule has 0 saturated heterocycles. The van der Waals surface area contributed by atoms with Crippen LogP contribution in [0.3, 0.4) is 0 Å². The van der Waals surface area contributed by atoms with E-state index in [1.54, 1.807) is 18.2 Å². The van der Waals surface area contributed by atoms with Crippen molar-refractivity contribution >= 4 is 28.6 Å². The maximum atomic E-state index is 12.4. The Labute approximate surface area is 139 Å². The summed E-state index contributed by atoms with van der Waals surface area (Å²) in [4.78, 5) is 12.4. The Morgan fingerprint density at radius 2 is 2.10 bits per heavy atom. The molecule has 1 aromatic carbocycles. The molecule has 3 nitrogen and oxygen atoms in total. The molecular weight excluding hydrogens is 379 g/mol. The first kappa shape index (κ1) is 15.1. The number of halogens is 1. The second-order valence-corrected chi connectivity index (χ2v) is 8.41. The molecule has 0 aliphatic heterocycles. The molecule has 2 fully saturated rings. The Kier molecular flexibility index (Phi) is 3.50. The molecule has 2 aliphatic carbocycles. The second kappa shape index (κ2) is 4.86. The van der Waals surface area contributed by atoms with Crippen molar-refractivity contribution in [1.82, 2.24) is 0 Å². The van der Waals surface area contributed by atoms with Crippen LogP contribution < -0.4 is 0 Å². The molecule has 21 heavy (non-hydrogen) atoms. The lowest BCUT2D eigenvalue weighted by molar-refractivity contribution is -0.0244. The monoisotopic (exact) mass is 400 g/mol. The van der Waals surface area contributed by atoms with Gasteiger partial charge in [-0.3, -0.25) is 0 Å². The smallest absolute Gasteiger partial charge is 0.342 e. The predicted octanol–water partition coefficient (Wildman–Crippen LogP) is 4.37. The summed E-state index contributed by atoms with van der Waals surface area (Å²) in [7, 11) is 0. The average Bonchev–Trinajstić information content (AvgIpc) is 2.74. The number of benzene rings is 1. The molecule has 1 N–H and O–H groups in total. The molecule has 0 radical (unpaired) electrons. The van der Waals surface area contributed by atoms with Crippen LogP contribution in [-0.4, -0.2) is 17.2 Å². The Morgan fingerprint density at radius 1 is 1.38 bits per heavy atom. The van der Waals surface area contributed by atoms with E-state index in [0.717, 1.165) is 16.4 Å². The van der Waals surface area contributed by atoms with Crippen LogP contribution >= 0.6 is 22.6 Å². The van der Waals surface area contributed by atoms with Gasteiger partial charge in [0, 0.05) is 8.99 Å². The number of carbonyl (C=O) groups is 1. The van der Waals surface area contributed by atoms with Gasteiger partial charge in [0.15, 0.2) is 0 Å². The zero-order valence-electron chi connectivity index (χ0n) is 12.6. The maximum Gasteiger partial charge on any atom is 0.342 e. The van der Waals surface area contributed by atoms with Gasteiger partial charge in [0.25, 0.3) is 0 Å². The molecule has 114 valence electrons. The van der Waals surface area contributed by atoms with Crippen LogP contribution in [0.15, 0.2) is 18.2 Å². The van der Waals surface area contributed by atoms with Gasteiger partial charge in [0.05, 0.1) is 0 Å². The van der Waals surface area contributed by atoms with Gasteiger partial charge in [0.1, 0.15) is 17.4 Å². The van der Waals surface area contributed by atoms with Crippen molar-refractivity contribution in [2.75, 3.05) is 0 Å². The highest BCUT2D eigenvalue weighted by molar-refractivity contribution is 14.1. The van der Waals surface area contributed by atoms with E-state index in [2.05, 4.69) is 43.4 Å². The fraction of sp³-hybridized carbons (Fsp3) is 0.588. The third-order valence-electron chi connectivity index (χ3n) is 6.14. The number of hydrogen-bond acceptors (Lipinski definition) is 3. The highest BCUT2D eigenvalue weighted by Gasteiger charge is 2.62. The average molecular weight is 400 g/mol. The predicted molar refractivity (Wildman–Crippen MR) is 89.3 cm³/mol. The van der Waals surface area contributed by atoms with Crippen LogP contribution in [0.4, 0.5) is 0 Å². The van der Waals surface area contributed by atoms with Crippen molar-refractivity contribution < 1.29 is 14.6 Å². The minimum absolute atomic E-state index is 0.00649. The molecule has 2 aliphatic rings. The highest BCUT2D eigenvalue weighted by atomic mass is 127. The number of phenolic OH excluding ortho intramolecular Hbond substituents is 1. The summed E-state index contributed by atoms with van der Waals surface area (Å²) in [6, 6.07) is 5.00. The number of ether oxygens (including phenoxy) is 1. The molecule has 3 atom stereocenters. The normalized spacial score (nSPS) is 33.1. The lowest BCUT2D eigenvalue weighted by Gasteiger charge is -2.38. The van der Waals surface area contributed by atoms with Crippen LogP contribution in [0, 0.1) is 20.3 Å². The molecule has 3 rings (SSSR count). The van der Waals surface area contributed by atoms with Crippen LogP contribution in [0.1, 0.15) is 50.4 Å². The Bertz CT molecular complexity index is 596. The van der Waals surface area contributed by atoms with Crippen molar-refractivity contribution in [3.8, 4) is 5.75 Å². The van der Waals surface area contributed by atoms with E-state index in [-0.39, 0.29) is 28.2 Å². The van der Waals surface area contributed by atoms with Crippen molar-refractivity contribution in [3.05, 3.63) is 27.3 Å². The summed E-state index contributed by atoms with van der Waals surface area (Å²) in [5.41, 5.74) is 0.529. The largest absolute Gasteiger partial charge is 0.507 e. The van der Waals surface area contributed by atoms with Crippen LogP contribution in [0.5, 0.6) is 5.75 Å². The number of hydrogen-bond donors (Lipinski definition) is 1. The minimum atomic E-state index is -0.402. The fourth-order valence-electron chi connectivity index (χ4n) is 4.17. The van der Waals surface area contributed by atoms with Crippen molar-refractivity contribution in [2.24, 2.45) is 16.7 Å². The van der Waals surface area contributed by atoms with Gasteiger partial charge in [-0.15, -0.1) is 0 Å². The van der Waals surface area contributed by atoms with E-state index < -0.39 is 5.97 Å². The van der Waals surface area contributed by atoms with Gasteiger partial charge in [-0.1, -0.05) is 20.8 Å². The lowest BCUT2D eigenvalue weighted by atomic mass is 9.70. The SMILES string of the molecule is CC1(C)C2CCC1(C)C(OC(=O)c1cc(I)ccc1O)C2. The first-order valence-electron chi connectivity index (χ1n) is 7.45. The van der Waals surface area contributed by atoms with E-state index in [1.165, 1.54) is 6.42 Å². The number of fused-ring (bicyclic) bond motifs is 2. The van der Waals surface area contributed by atoms with Gasteiger partial charge in [-0.25, -0.2) is 4.79 Å². The molecule has 1 aromatic rings. The van der Waals surface area contributed by atoms with Crippen LogP contribution in [0.25, 0.3) is 0 Å². The summed E-state index contributed by atoms with van der Waals surface area (Å²) in [6.07, 6.45) is 3.24. The van der Waals surface area contributed by atoms with Gasteiger partial charge >= 0.3 is 5.97 Å². The topological polar surface area (TPSA) is 46.5 Å². The molecule has 4 heteroatoms. The summed E-state index contributed by atoms with van der Waals surface area (Å²) < 4.78 is 6.72. The number of rotatable bonds is 2. The Hall–Kier alpha value is -0.780. The summed E-state index contributed by atoms with van der Waals surface area (Å²) in [5.74, 6) is 0.221. The molecule has 0 spiro atoms. The Morgan fingerprint density at radius 3 is 2.67 bits per heavy atom. The molecular formula is C17H21IO3. The third kappa shape index (κ3) is 2.17. The second-order valence-electron chi connectivity index (χ2n) is 7.17. The third-order valence-corrected chi connectivity index (χ3v) is 6.81. The van der Waals surface area contributed by atoms with Gasteiger partial charge in [-0.05, 0) is 71.4 Å². The van der Waals surface area contributed by atoms with E-state index in [1.807, 2.05) is 0 Å². The molecule has 2 bridgehead atoms. The van der Waals surface area contributed by atoms with E-state index >= 15 is 0 Å². The minimum Gasteiger partial charge on any atom is -0.507 e. The quantitative estimate of drug-likeness (QED) is 0.593. The van der Waals surface area contributed by atoms with Crippen LogP contribution in [-0.2, 0) is 4.74 Å². The molecule has 0 heterocycles. The number of phenols is 1.